The van der Waals surface area contributed by atoms with Crippen LogP contribution >= 0.6 is 0 Å². The minimum atomic E-state index is -0.0569. The van der Waals surface area contributed by atoms with Gasteiger partial charge in [0, 0.05) is 18.9 Å². The van der Waals surface area contributed by atoms with Crippen molar-refractivity contribution in [2.24, 2.45) is 0 Å². The molecule has 1 aromatic carbocycles. The molecule has 0 amide bonds. The fourth-order valence-electron chi connectivity index (χ4n) is 2.40. The van der Waals surface area contributed by atoms with Crippen LogP contribution in [0.15, 0.2) is 59.3 Å². The first-order valence-electron chi connectivity index (χ1n) is 7.20. The Morgan fingerprint density at radius 3 is 2.50 bits per heavy atom. The quantitative estimate of drug-likeness (QED) is 0.760. The largest absolute Gasteiger partial charge is 0.462 e. The highest BCUT2D eigenvalue weighted by Crippen LogP contribution is 2.13. The standard InChI is InChI=1S/C17H19N3O2/c1-19(12-16-7-8-17(13-21)22-16)11-14-3-5-15(6-4-14)20-10-2-9-18-20/h2-10,21H,11-13H2,1H3. The predicted molar refractivity (Wildman–Crippen MR) is 83.4 cm³/mol. The van der Waals surface area contributed by atoms with E-state index in [9.17, 15) is 0 Å². The predicted octanol–water partition coefficient (Wildman–Crippen LogP) is 2.59. The molecule has 5 heteroatoms. The van der Waals surface area contributed by atoms with Gasteiger partial charge in [0.05, 0.1) is 12.2 Å². The summed E-state index contributed by atoms with van der Waals surface area (Å²) in [4.78, 5) is 2.17. The number of rotatable bonds is 6. The summed E-state index contributed by atoms with van der Waals surface area (Å²) in [6.45, 7) is 1.48. The number of hydrogen-bond donors (Lipinski definition) is 1. The molecule has 0 aliphatic carbocycles. The van der Waals surface area contributed by atoms with Crippen molar-refractivity contribution < 1.29 is 9.52 Å². The molecule has 2 heterocycles. The normalized spacial score (nSPS) is 11.2. The van der Waals surface area contributed by atoms with E-state index in [4.69, 9.17) is 9.52 Å². The topological polar surface area (TPSA) is 54.4 Å². The van der Waals surface area contributed by atoms with Crippen LogP contribution < -0.4 is 0 Å². The molecule has 3 rings (SSSR count). The average Bonchev–Trinajstić information content (AvgIpc) is 3.19. The van der Waals surface area contributed by atoms with Crippen molar-refractivity contribution in [1.82, 2.24) is 14.7 Å². The van der Waals surface area contributed by atoms with Crippen molar-refractivity contribution in [2.75, 3.05) is 7.05 Å². The van der Waals surface area contributed by atoms with E-state index in [2.05, 4.69) is 34.3 Å². The van der Waals surface area contributed by atoms with Crippen molar-refractivity contribution in [1.29, 1.82) is 0 Å². The zero-order valence-electron chi connectivity index (χ0n) is 12.5. The molecule has 0 radical (unpaired) electrons. The van der Waals surface area contributed by atoms with Gasteiger partial charge in [-0.15, -0.1) is 0 Å². The van der Waals surface area contributed by atoms with E-state index in [1.165, 1.54) is 5.56 Å². The van der Waals surface area contributed by atoms with Crippen LogP contribution in [0.25, 0.3) is 5.69 Å². The number of benzene rings is 1. The maximum Gasteiger partial charge on any atom is 0.129 e. The Bertz CT molecular complexity index is 702. The number of aromatic nitrogens is 2. The molecule has 114 valence electrons. The first-order valence-corrected chi connectivity index (χ1v) is 7.20. The lowest BCUT2D eigenvalue weighted by Gasteiger charge is -2.15. The Kier molecular flexibility index (Phi) is 4.37. The van der Waals surface area contributed by atoms with Gasteiger partial charge in [-0.05, 0) is 42.9 Å². The number of furan rings is 1. The minimum absolute atomic E-state index is 0.0569. The Morgan fingerprint density at radius 1 is 1.09 bits per heavy atom. The van der Waals surface area contributed by atoms with Crippen molar-refractivity contribution in [2.45, 2.75) is 19.7 Å². The summed E-state index contributed by atoms with van der Waals surface area (Å²) < 4.78 is 7.35. The molecule has 0 fully saturated rings. The molecule has 0 bridgehead atoms. The molecule has 0 atom stereocenters. The van der Waals surface area contributed by atoms with E-state index in [0.717, 1.165) is 18.0 Å². The van der Waals surface area contributed by atoms with Crippen LogP contribution in [0.5, 0.6) is 0 Å². The van der Waals surface area contributed by atoms with Gasteiger partial charge in [0.1, 0.15) is 18.1 Å². The monoisotopic (exact) mass is 297 g/mol. The Hall–Kier alpha value is -2.37. The molecule has 0 spiro atoms. The molecular formula is C17H19N3O2. The van der Waals surface area contributed by atoms with Gasteiger partial charge in [0.2, 0.25) is 0 Å². The molecule has 1 N–H and O–H groups in total. The first kappa shape index (κ1) is 14.6. The summed E-state index contributed by atoms with van der Waals surface area (Å²) in [5.41, 5.74) is 2.28. The van der Waals surface area contributed by atoms with Gasteiger partial charge in [-0.2, -0.15) is 5.10 Å². The molecule has 0 unspecified atom stereocenters. The lowest BCUT2D eigenvalue weighted by molar-refractivity contribution is 0.231. The minimum Gasteiger partial charge on any atom is -0.462 e. The summed E-state index contributed by atoms with van der Waals surface area (Å²) in [5, 5.41) is 13.2. The van der Waals surface area contributed by atoms with Gasteiger partial charge in [-0.25, -0.2) is 4.68 Å². The van der Waals surface area contributed by atoms with Gasteiger partial charge in [-0.3, -0.25) is 4.90 Å². The van der Waals surface area contributed by atoms with Gasteiger partial charge in [0.25, 0.3) is 0 Å². The second-order valence-electron chi connectivity index (χ2n) is 5.32. The van der Waals surface area contributed by atoms with Crippen LogP contribution in [0.4, 0.5) is 0 Å². The second-order valence-corrected chi connectivity index (χ2v) is 5.32. The van der Waals surface area contributed by atoms with Crippen molar-refractivity contribution in [3.63, 3.8) is 0 Å². The summed E-state index contributed by atoms with van der Waals surface area (Å²) in [5.74, 6) is 1.46. The maximum absolute atomic E-state index is 9.01. The number of aliphatic hydroxyl groups is 1. The zero-order chi connectivity index (χ0) is 15.4. The highest BCUT2D eigenvalue weighted by molar-refractivity contribution is 5.33. The van der Waals surface area contributed by atoms with E-state index in [1.54, 1.807) is 6.20 Å². The van der Waals surface area contributed by atoms with Crippen LogP contribution in [0.3, 0.4) is 0 Å². The van der Waals surface area contributed by atoms with Gasteiger partial charge in [-0.1, -0.05) is 12.1 Å². The molecule has 0 saturated heterocycles. The zero-order valence-corrected chi connectivity index (χ0v) is 12.5. The molecule has 3 aromatic rings. The van der Waals surface area contributed by atoms with Crippen molar-refractivity contribution in [3.8, 4) is 5.69 Å². The lowest BCUT2D eigenvalue weighted by atomic mass is 10.2. The van der Waals surface area contributed by atoms with Gasteiger partial charge >= 0.3 is 0 Å². The smallest absolute Gasteiger partial charge is 0.129 e. The summed E-state index contributed by atoms with van der Waals surface area (Å²) >= 11 is 0. The maximum atomic E-state index is 9.01. The fraction of sp³-hybridized carbons (Fsp3) is 0.235. The van der Waals surface area contributed by atoms with Crippen LogP contribution in [-0.4, -0.2) is 26.8 Å². The summed E-state index contributed by atoms with van der Waals surface area (Å²) in [6.07, 6.45) is 3.70. The summed E-state index contributed by atoms with van der Waals surface area (Å²) in [7, 11) is 2.04. The van der Waals surface area contributed by atoms with Crippen LogP contribution in [0.2, 0.25) is 0 Å². The molecule has 22 heavy (non-hydrogen) atoms. The van der Waals surface area contributed by atoms with Crippen molar-refractivity contribution in [3.05, 3.63) is 71.9 Å². The van der Waals surface area contributed by atoms with Gasteiger partial charge in [0.15, 0.2) is 0 Å². The third-order valence-electron chi connectivity index (χ3n) is 3.46. The number of hydrogen-bond acceptors (Lipinski definition) is 4. The molecule has 2 aromatic heterocycles. The third-order valence-corrected chi connectivity index (χ3v) is 3.46. The van der Waals surface area contributed by atoms with Gasteiger partial charge < -0.3 is 9.52 Å². The molecular weight excluding hydrogens is 278 g/mol. The molecule has 0 aliphatic rings. The van der Waals surface area contributed by atoms with E-state index in [-0.39, 0.29) is 6.61 Å². The number of aliphatic hydroxyl groups excluding tert-OH is 1. The van der Waals surface area contributed by atoms with E-state index in [1.807, 2.05) is 36.1 Å². The molecule has 5 nitrogen and oxygen atoms in total. The van der Waals surface area contributed by atoms with E-state index >= 15 is 0 Å². The fourth-order valence-corrected chi connectivity index (χ4v) is 2.40. The molecule has 0 saturated carbocycles. The Balaban J connectivity index is 1.60. The lowest BCUT2D eigenvalue weighted by Crippen LogP contribution is -2.16. The first-order chi connectivity index (χ1) is 10.7. The Morgan fingerprint density at radius 2 is 1.86 bits per heavy atom. The number of nitrogens with zero attached hydrogens (tertiary/aromatic N) is 3. The Labute approximate surface area is 129 Å². The highest BCUT2D eigenvalue weighted by Gasteiger charge is 2.06. The molecule has 0 aliphatic heterocycles. The van der Waals surface area contributed by atoms with Crippen LogP contribution in [0, 0.1) is 0 Å². The highest BCUT2D eigenvalue weighted by atomic mass is 16.4. The van der Waals surface area contributed by atoms with E-state index < -0.39 is 0 Å². The van der Waals surface area contributed by atoms with E-state index in [0.29, 0.717) is 12.3 Å². The van der Waals surface area contributed by atoms with Crippen LogP contribution in [-0.2, 0) is 19.7 Å². The SMILES string of the molecule is CN(Cc1ccc(-n2cccn2)cc1)Cc1ccc(CO)o1. The second kappa shape index (κ2) is 6.60. The van der Waals surface area contributed by atoms with Crippen LogP contribution in [0.1, 0.15) is 17.1 Å². The third kappa shape index (κ3) is 3.44. The summed E-state index contributed by atoms with van der Waals surface area (Å²) in [6, 6.07) is 14.0. The average molecular weight is 297 g/mol. The van der Waals surface area contributed by atoms with Crippen molar-refractivity contribution >= 4 is 0 Å².